The molecular formula is C23H25N3O2S. The van der Waals surface area contributed by atoms with E-state index in [2.05, 4.69) is 34.7 Å². The fraction of sp³-hybridized carbons (Fsp3) is 0.261. The molecule has 0 saturated carbocycles. The van der Waals surface area contributed by atoms with Crippen molar-refractivity contribution in [1.29, 1.82) is 0 Å². The van der Waals surface area contributed by atoms with Crippen LogP contribution in [0.2, 0.25) is 0 Å². The van der Waals surface area contributed by atoms with Gasteiger partial charge in [0.15, 0.2) is 0 Å². The number of aryl methyl sites for hydroxylation is 4. The van der Waals surface area contributed by atoms with E-state index in [9.17, 15) is 9.59 Å². The van der Waals surface area contributed by atoms with Crippen LogP contribution in [0.15, 0.2) is 42.5 Å². The van der Waals surface area contributed by atoms with Gasteiger partial charge in [0.05, 0.1) is 5.69 Å². The summed E-state index contributed by atoms with van der Waals surface area (Å²) in [6.07, 6.45) is 0.637. The van der Waals surface area contributed by atoms with E-state index in [1.54, 1.807) is 11.3 Å². The number of amides is 2. The Labute approximate surface area is 175 Å². The van der Waals surface area contributed by atoms with E-state index in [0.717, 1.165) is 32.3 Å². The average molecular weight is 408 g/mol. The third-order valence-electron chi connectivity index (χ3n) is 4.63. The van der Waals surface area contributed by atoms with Crippen molar-refractivity contribution in [3.63, 3.8) is 0 Å². The molecule has 0 spiro atoms. The molecule has 29 heavy (non-hydrogen) atoms. The molecule has 0 aliphatic carbocycles. The Hall–Kier alpha value is -2.99. The van der Waals surface area contributed by atoms with Crippen LogP contribution in [-0.2, 0) is 16.0 Å². The van der Waals surface area contributed by atoms with Crippen LogP contribution in [0.1, 0.15) is 27.3 Å². The van der Waals surface area contributed by atoms with Gasteiger partial charge < -0.3 is 10.6 Å². The molecule has 2 N–H and O–H groups in total. The van der Waals surface area contributed by atoms with E-state index >= 15 is 0 Å². The van der Waals surface area contributed by atoms with Crippen LogP contribution in [0.3, 0.4) is 0 Å². The number of rotatable bonds is 5. The maximum Gasteiger partial charge on any atom is 0.313 e. The minimum absolute atomic E-state index is 0.384. The number of benzene rings is 2. The molecule has 0 radical (unpaired) electrons. The van der Waals surface area contributed by atoms with Crippen LogP contribution in [0.4, 0.5) is 5.69 Å². The van der Waals surface area contributed by atoms with Crippen molar-refractivity contribution in [2.24, 2.45) is 0 Å². The molecule has 0 aliphatic heterocycles. The number of aromatic nitrogens is 1. The highest BCUT2D eigenvalue weighted by molar-refractivity contribution is 7.15. The van der Waals surface area contributed by atoms with Crippen molar-refractivity contribution in [3.8, 4) is 10.6 Å². The van der Waals surface area contributed by atoms with Gasteiger partial charge in [0.25, 0.3) is 0 Å². The molecule has 0 atom stereocenters. The molecule has 6 heteroatoms. The van der Waals surface area contributed by atoms with Crippen molar-refractivity contribution < 1.29 is 9.59 Å². The Balaban J connectivity index is 1.55. The summed E-state index contributed by atoms with van der Waals surface area (Å²) in [5.41, 5.74) is 5.93. The molecule has 5 nitrogen and oxygen atoms in total. The highest BCUT2D eigenvalue weighted by Crippen LogP contribution is 2.28. The van der Waals surface area contributed by atoms with Crippen molar-refractivity contribution in [2.75, 3.05) is 11.9 Å². The quantitative estimate of drug-likeness (QED) is 0.618. The van der Waals surface area contributed by atoms with Gasteiger partial charge >= 0.3 is 11.8 Å². The summed E-state index contributed by atoms with van der Waals surface area (Å²) < 4.78 is 0. The van der Waals surface area contributed by atoms with Crippen LogP contribution in [0, 0.1) is 27.7 Å². The lowest BCUT2D eigenvalue weighted by atomic mass is 10.1. The van der Waals surface area contributed by atoms with Crippen LogP contribution in [0.25, 0.3) is 10.6 Å². The molecule has 2 aromatic carbocycles. The summed E-state index contributed by atoms with van der Waals surface area (Å²) in [6, 6.07) is 13.9. The van der Waals surface area contributed by atoms with Crippen LogP contribution < -0.4 is 10.6 Å². The Morgan fingerprint density at radius 3 is 2.45 bits per heavy atom. The topological polar surface area (TPSA) is 71.1 Å². The molecule has 0 unspecified atom stereocenters. The highest BCUT2D eigenvalue weighted by Gasteiger charge is 2.15. The molecular weight excluding hydrogens is 382 g/mol. The van der Waals surface area contributed by atoms with E-state index < -0.39 is 11.8 Å². The molecule has 2 amide bonds. The monoisotopic (exact) mass is 407 g/mol. The van der Waals surface area contributed by atoms with E-state index in [1.807, 2.05) is 51.1 Å². The molecule has 1 heterocycles. The first-order chi connectivity index (χ1) is 13.8. The number of nitrogens with one attached hydrogen (secondary N) is 2. The number of nitrogens with zero attached hydrogens (tertiary/aromatic N) is 1. The lowest BCUT2D eigenvalue weighted by Crippen LogP contribution is -2.36. The van der Waals surface area contributed by atoms with Gasteiger partial charge in [-0.05, 0) is 45.4 Å². The first-order valence-electron chi connectivity index (χ1n) is 9.53. The smallest absolute Gasteiger partial charge is 0.313 e. The second kappa shape index (κ2) is 9.01. The molecule has 150 valence electrons. The molecule has 0 saturated heterocycles. The highest BCUT2D eigenvalue weighted by atomic mass is 32.1. The molecule has 0 bridgehead atoms. The molecule has 3 rings (SSSR count). The SMILES string of the molecule is Cc1cccc(-c2nc(C)c(CCNC(=O)C(=O)Nc3ccc(C)cc3C)s2)c1. The zero-order chi connectivity index (χ0) is 21.0. The molecule has 0 aliphatic rings. The number of anilines is 1. The van der Waals surface area contributed by atoms with E-state index in [-0.39, 0.29) is 0 Å². The second-order valence-corrected chi connectivity index (χ2v) is 8.26. The van der Waals surface area contributed by atoms with Gasteiger partial charge in [-0.1, -0.05) is 41.5 Å². The third kappa shape index (κ3) is 5.29. The summed E-state index contributed by atoms with van der Waals surface area (Å²) in [5, 5.41) is 6.34. The normalized spacial score (nSPS) is 10.6. The summed E-state index contributed by atoms with van der Waals surface area (Å²) >= 11 is 1.62. The standard InChI is InChI=1S/C23H25N3O2S/c1-14-6-5-7-18(13-14)23-25-17(4)20(29-23)10-11-24-21(27)22(28)26-19-9-8-15(2)12-16(19)3/h5-9,12-13H,10-11H2,1-4H3,(H,24,27)(H,26,28). The first-order valence-corrected chi connectivity index (χ1v) is 10.3. The predicted octanol–water partition coefficient (Wildman–Crippen LogP) is 4.34. The number of carbonyl (C=O) groups is 2. The van der Waals surface area contributed by atoms with Crippen molar-refractivity contribution >= 4 is 28.8 Å². The Morgan fingerprint density at radius 1 is 0.966 bits per heavy atom. The van der Waals surface area contributed by atoms with Gasteiger partial charge in [-0.3, -0.25) is 9.59 Å². The molecule has 3 aromatic rings. The summed E-state index contributed by atoms with van der Waals surface area (Å²) in [5.74, 6) is -1.29. The van der Waals surface area contributed by atoms with Crippen molar-refractivity contribution in [1.82, 2.24) is 10.3 Å². The fourth-order valence-corrected chi connectivity index (χ4v) is 4.12. The van der Waals surface area contributed by atoms with Crippen LogP contribution >= 0.6 is 11.3 Å². The zero-order valence-corrected chi connectivity index (χ0v) is 17.9. The van der Waals surface area contributed by atoms with Gasteiger partial charge in [0.2, 0.25) is 0 Å². The summed E-state index contributed by atoms with van der Waals surface area (Å²) in [7, 11) is 0. The Morgan fingerprint density at radius 2 is 1.72 bits per heavy atom. The van der Waals surface area contributed by atoms with E-state index in [4.69, 9.17) is 0 Å². The van der Waals surface area contributed by atoms with Crippen molar-refractivity contribution in [3.05, 3.63) is 69.7 Å². The number of hydrogen-bond donors (Lipinski definition) is 2. The van der Waals surface area contributed by atoms with Crippen molar-refractivity contribution in [2.45, 2.75) is 34.1 Å². The third-order valence-corrected chi connectivity index (χ3v) is 5.90. The Kier molecular flexibility index (Phi) is 6.44. The van der Waals surface area contributed by atoms with Crippen LogP contribution in [-0.4, -0.2) is 23.3 Å². The largest absolute Gasteiger partial charge is 0.347 e. The summed E-state index contributed by atoms with van der Waals surface area (Å²) in [4.78, 5) is 30.0. The maximum absolute atomic E-state index is 12.1. The van der Waals surface area contributed by atoms with Gasteiger partial charge in [0, 0.05) is 29.1 Å². The van der Waals surface area contributed by atoms with Crippen LogP contribution in [0.5, 0.6) is 0 Å². The minimum Gasteiger partial charge on any atom is -0.347 e. The number of thiazole rings is 1. The zero-order valence-electron chi connectivity index (χ0n) is 17.1. The molecule has 0 fully saturated rings. The van der Waals surface area contributed by atoms with E-state index in [0.29, 0.717) is 18.7 Å². The Bertz CT molecular complexity index is 1060. The van der Waals surface area contributed by atoms with E-state index in [1.165, 1.54) is 5.56 Å². The van der Waals surface area contributed by atoms with Gasteiger partial charge in [0.1, 0.15) is 5.01 Å². The predicted molar refractivity (Wildman–Crippen MR) is 118 cm³/mol. The average Bonchev–Trinajstić information content (AvgIpc) is 3.04. The first kappa shape index (κ1) is 20.7. The second-order valence-electron chi connectivity index (χ2n) is 7.18. The fourth-order valence-electron chi connectivity index (χ4n) is 3.06. The maximum atomic E-state index is 12.1. The van der Waals surface area contributed by atoms with Gasteiger partial charge in [-0.15, -0.1) is 11.3 Å². The lowest BCUT2D eigenvalue weighted by Gasteiger charge is -2.09. The van der Waals surface area contributed by atoms with Gasteiger partial charge in [-0.25, -0.2) is 4.98 Å². The minimum atomic E-state index is -0.654. The number of hydrogen-bond acceptors (Lipinski definition) is 4. The molecule has 1 aromatic heterocycles. The lowest BCUT2D eigenvalue weighted by molar-refractivity contribution is -0.136. The van der Waals surface area contributed by atoms with Gasteiger partial charge in [-0.2, -0.15) is 0 Å². The summed E-state index contributed by atoms with van der Waals surface area (Å²) in [6.45, 7) is 8.30. The number of carbonyl (C=O) groups excluding carboxylic acids is 2.